The van der Waals surface area contributed by atoms with Crippen LogP contribution in [0, 0.1) is 0 Å². The lowest BCUT2D eigenvalue weighted by atomic mass is 10.1. The number of nitrogens with one attached hydrogen (secondary N) is 1. The first kappa shape index (κ1) is 20.0. The first-order valence-electron chi connectivity index (χ1n) is 10.1. The minimum Gasteiger partial charge on any atom is -0.494 e. The van der Waals surface area contributed by atoms with Gasteiger partial charge in [-0.05, 0) is 61.7 Å². The molecule has 0 unspecified atom stereocenters. The summed E-state index contributed by atoms with van der Waals surface area (Å²) in [6.45, 7) is 5.01. The second-order valence-corrected chi connectivity index (χ2v) is 7.85. The molecule has 1 aromatic heterocycles. The molecule has 5 nitrogen and oxygen atoms in total. The number of hydrogen-bond acceptors (Lipinski definition) is 4. The summed E-state index contributed by atoms with van der Waals surface area (Å²) < 4.78 is 5.39. The number of hydrogen-bond donors (Lipinski definition) is 2. The average Bonchev–Trinajstić information content (AvgIpc) is 3.05. The van der Waals surface area contributed by atoms with Crippen molar-refractivity contribution in [2.75, 3.05) is 32.8 Å². The summed E-state index contributed by atoms with van der Waals surface area (Å²) in [6, 6.07) is 13.8. The summed E-state index contributed by atoms with van der Waals surface area (Å²) in [7, 11) is 0. The fraction of sp³-hybridized carbons (Fsp3) is 0.348. The highest BCUT2D eigenvalue weighted by Crippen LogP contribution is 2.28. The SMILES string of the molecule is Oc1[nH]c2ccc(Cl)cc2c1C=Nc1ccc(CCCCN2CCOCC2)cc1. The Morgan fingerprint density at radius 1 is 1.10 bits per heavy atom. The molecule has 0 atom stereocenters. The monoisotopic (exact) mass is 411 g/mol. The average molecular weight is 412 g/mol. The number of fused-ring (bicyclic) bond motifs is 1. The van der Waals surface area contributed by atoms with E-state index in [-0.39, 0.29) is 5.88 Å². The molecule has 0 spiro atoms. The number of aromatic amines is 1. The number of unbranched alkanes of at least 4 members (excludes halogenated alkanes) is 1. The van der Waals surface area contributed by atoms with Gasteiger partial charge < -0.3 is 14.8 Å². The fourth-order valence-electron chi connectivity index (χ4n) is 3.68. The van der Waals surface area contributed by atoms with Gasteiger partial charge in [0.2, 0.25) is 0 Å². The summed E-state index contributed by atoms with van der Waals surface area (Å²) in [5.74, 6) is 0.0999. The molecule has 1 aliphatic rings. The largest absolute Gasteiger partial charge is 0.494 e. The molecule has 0 radical (unpaired) electrons. The number of halogens is 1. The maximum atomic E-state index is 10.2. The third-order valence-electron chi connectivity index (χ3n) is 5.35. The third kappa shape index (κ3) is 5.18. The van der Waals surface area contributed by atoms with Gasteiger partial charge in [0.05, 0.1) is 24.5 Å². The Balaban J connectivity index is 1.32. The van der Waals surface area contributed by atoms with Gasteiger partial charge in [-0.3, -0.25) is 9.89 Å². The number of morpholine rings is 1. The first-order chi connectivity index (χ1) is 14.2. The highest BCUT2D eigenvalue weighted by atomic mass is 35.5. The Bertz CT molecular complexity index is 976. The lowest BCUT2D eigenvalue weighted by Gasteiger charge is -2.26. The Kier molecular flexibility index (Phi) is 6.49. The third-order valence-corrected chi connectivity index (χ3v) is 5.59. The van der Waals surface area contributed by atoms with Crippen LogP contribution >= 0.6 is 11.6 Å². The molecule has 0 bridgehead atoms. The van der Waals surface area contributed by atoms with Crippen LogP contribution in [-0.2, 0) is 11.2 Å². The van der Waals surface area contributed by atoms with Crippen molar-refractivity contribution < 1.29 is 9.84 Å². The van der Waals surface area contributed by atoms with E-state index in [0.29, 0.717) is 10.6 Å². The van der Waals surface area contributed by atoms with Gasteiger partial charge in [-0.2, -0.15) is 0 Å². The van der Waals surface area contributed by atoms with Crippen molar-refractivity contribution in [2.45, 2.75) is 19.3 Å². The summed E-state index contributed by atoms with van der Waals surface area (Å²) in [5.41, 5.74) is 3.67. The summed E-state index contributed by atoms with van der Waals surface area (Å²) in [4.78, 5) is 9.95. The number of aryl methyl sites for hydroxylation is 1. The summed E-state index contributed by atoms with van der Waals surface area (Å²) in [5, 5.41) is 11.6. The zero-order valence-electron chi connectivity index (χ0n) is 16.4. The van der Waals surface area contributed by atoms with Gasteiger partial charge in [-0.15, -0.1) is 0 Å². The molecule has 1 fully saturated rings. The van der Waals surface area contributed by atoms with Crippen LogP contribution in [0.1, 0.15) is 24.0 Å². The number of benzene rings is 2. The molecule has 152 valence electrons. The minimum absolute atomic E-state index is 0.0999. The quantitative estimate of drug-likeness (QED) is 0.428. The van der Waals surface area contributed by atoms with Crippen LogP contribution in [0.2, 0.25) is 5.02 Å². The van der Waals surface area contributed by atoms with Gasteiger partial charge in [-0.1, -0.05) is 23.7 Å². The van der Waals surface area contributed by atoms with Crippen molar-refractivity contribution in [2.24, 2.45) is 4.99 Å². The molecule has 1 saturated heterocycles. The molecule has 6 heteroatoms. The molecule has 1 aliphatic heterocycles. The van der Waals surface area contributed by atoms with E-state index in [2.05, 4.69) is 27.0 Å². The number of H-pyrrole nitrogens is 1. The molecule has 0 amide bonds. The van der Waals surface area contributed by atoms with E-state index >= 15 is 0 Å². The van der Waals surface area contributed by atoms with Gasteiger partial charge in [0.15, 0.2) is 5.88 Å². The predicted octanol–water partition coefficient (Wildman–Crippen LogP) is 4.93. The molecular formula is C23H26ClN3O2. The molecule has 3 aromatic rings. The van der Waals surface area contributed by atoms with Crippen LogP contribution in [0.3, 0.4) is 0 Å². The van der Waals surface area contributed by atoms with Gasteiger partial charge in [0.1, 0.15) is 0 Å². The Labute approximate surface area is 176 Å². The molecule has 2 N–H and O–H groups in total. The number of aromatic hydroxyl groups is 1. The van der Waals surface area contributed by atoms with E-state index in [9.17, 15) is 5.11 Å². The van der Waals surface area contributed by atoms with Crippen LogP contribution in [0.15, 0.2) is 47.5 Å². The lowest BCUT2D eigenvalue weighted by molar-refractivity contribution is 0.0372. The fourth-order valence-corrected chi connectivity index (χ4v) is 3.85. The molecule has 4 rings (SSSR count). The molecule has 2 aromatic carbocycles. The van der Waals surface area contributed by atoms with Crippen LogP contribution in [0.5, 0.6) is 5.88 Å². The maximum Gasteiger partial charge on any atom is 0.198 e. The van der Waals surface area contributed by atoms with Crippen LogP contribution < -0.4 is 0 Å². The highest BCUT2D eigenvalue weighted by Gasteiger charge is 2.10. The smallest absolute Gasteiger partial charge is 0.198 e. The molecule has 0 saturated carbocycles. The molecule has 29 heavy (non-hydrogen) atoms. The second-order valence-electron chi connectivity index (χ2n) is 7.41. The number of nitrogens with zero attached hydrogens (tertiary/aromatic N) is 2. The van der Waals surface area contributed by atoms with Gasteiger partial charge in [-0.25, -0.2) is 0 Å². The number of aliphatic imine (C=N–C) groups is 1. The van der Waals surface area contributed by atoms with Gasteiger partial charge >= 0.3 is 0 Å². The minimum atomic E-state index is 0.0999. The number of aromatic nitrogens is 1. The topological polar surface area (TPSA) is 60.8 Å². The van der Waals surface area contributed by atoms with Crippen molar-refractivity contribution in [3.63, 3.8) is 0 Å². The van der Waals surface area contributed by atoms with Crippen molar-refractivity contribution in [1.82, 2.24) is 9.88 Å². The van der Waals surface area contributed by atoms with E-state index in [1.807, 2.05) is 24.3 Å². The highest BCUT2D eigenvalue weighted by molar-refractivity contribution is 6.31. The second kappa shape index (κ2) is 9.44. The lowest BCUT2D eigenvalue weighted by Crippen LogP contribution is -2.36. The normalized spacial score (nSPS) is 15.5. The standard InChI is InChI=1S/C23H26ClN3O2/c24-18-6-9-22-20(15-18)21(23(28)26-22)16-25-19-7-4-17(5-8-19)3-1-2-10-27-11-13-29-14-12-27/h4-9,15-16,26,28H,1-3,10-14H2. The van der Waals surface area contributed by atoms with Crippen molar-refractivity contribution >= 4 is 34.4 Å². The number of rotatable bonds is 7. The molecular weight excluding hydrogens is 386 g/mol. The zero-order chi connectivity index (χ0) is 20.1. The first-order valence-corrected chi connectivity index (χ1v) is 10.5. The van der Waals surface area contributed by atoms with Gasteiger partial charge in [0.25, 0.3) is 0 Å². The van der Waals surface area contributed by atoms with E-state index in [0.717, 1.165) is 55.9 Å². The number of ether oxygens (including phenoxy) is 1. The molecule has 2 heterocycles. The van der Waals surface area contributed by atoms with E-state index in [1.165, 1.54) is 18.4 Å². The van der Waals surface area contributed by atoms with Gasteiger partial charge in [0, 0.05) is 35.2 Å². The van der Waals surface area contributed by atoms with E-state index in [1.54, 1.807) is 12.3 Å². The van der Waals surface area contributed by atoms with Crippen molar-refractivity contribution in [3.8, 4) is 5.88 Å². The Hall–Kier alpha value is -2.34. The summed E-state index contributed by atoms with van der Waals surface area (Å²) >= 11 is 6.08. The summed E-state index contributed by atoms with van der Waals surface area (Å²) in [6.07, 6.45) is 5.16. The zero-order valence-corrected chi connectivity index (χ0v) is 17.2. The van der Waals surface area contributed by atoms with Crippen molar-refractivity contribution in [3.05, 3.63) is 58.6 Å². The van der Waals surface area contributed by atoms with Crippen LogP contribution in [0.25, 0.3) is 10.9 Å². The molecule has 0 aliphatic carbocycles. The van der Waals surface area contributed by atoms with Crippen molar-refractivity contribution in [1.29, 1.82) is 0 Å². The van der Waals surface area contributed by atoms with E-state index < -0.39 is 0 Å². The van der Waals surface area contributed by atoms with Crippen LogP contribution in [-0.4, -0.2) is 54.1 Å². The predicted molar refractivity (Wildman–Crippen MR) is 119 cm³/mol. The Morgan fingerprint density at radius 3 is 2.69 bits per heavy atom. The van der Waals surface area contributed by atoms with E-state index in [4.69, 9.17) is 16.3 Å². The Morgan fingerprint density at radius 2 is 1.90 bits per heavy atom. The maximum absolute atomic E-state index is 10.2. The van der Waals surface area contributed by atoms with Crippen LogP contribution in [0.4, 0.5) is 5.69 Å².